The normalized spacial score (nSPS) is 9.21. The fourth-order valence-electron chi connectivity index (χ4n) is 1.17. The smallest absolute Gasteiger partial charge is 0.179 e. The van der Waals surface area contributed by atoms with Crippen molar-refractivity contribution in [2.45, 2.75) is 6.42 Å². The van der Waals surface area contributed by atoms with Gasteiger partial charge >= 0.3 is 0 Å². The van der Waals surface area contributed by atoms with E-state index in [4.69, 9.17) is 10.00 Å². The van der Waals surface area contributed by atoms with Crippen LogP contribution in [0.4, 0.5) is 0 Å². The second-order valence-corrected chi connectivity index (χ2v) is 3.12. The van der Waals surface area contributed by atoms with Crippen molar-refractivity contribution in [3.8, 4) is 11.9 Å². The Hall–Kier alpha value is -1.69. The molecule has 1 aromatic carbocycles. The predicted molar refractivity (Wildman–Crippen MR) is 54.9 cm³/mol. The SMILES string of the molecule is COc1cccc(CCN(C)C#N)c1. The molecule has 3 nitrogen and oxygen atoms in total. The third-order valence-corrected chi connectivity index (χ3v) is 2.04. The summed E-state index contributed by atoms with van der Waals surface area (Å²) in [6.07, 6.45) is 2.93. The Morgan fingerprint density at radius 2 is 2.29 bits per heavy atom. The van der Waals surface area contributed by atoms with E-state index < -0.39 is 0 Å². The molecule has 0 heterocycles. The van der Waals surface area contributed by atoms with E-state index in [9.17, 15) is 0 Å². The van der Waals surface area contributed by atoms with E-state index in [1.54, 1.807) is 19.1 Å². The van der Waals surface area contributed by atoms with Crippen LogP contribution in [-0.2, 0) is 6.42 Å². The lowest BCUT2D eigenvalue weighted by atomic mass is 10.1. The number of benzene rings is 1. The molecule has 0 aromatic heterocycles. The molecular formula is C11H14N2O. The summed E-state index contributed by atoms with van der Waals surface area (Å²) in [7, 11) is 3.43. The van der Waals surface area contributed by atoms with E-state index >= 15 is 0 Å². The number of ether oxygens (including phenoxy) is 1. The van der Waals surface area contributed by atoms with Gasteiger partial charge in [0, 0.05) is 13.6 Å². The molecule has 1 aromatic rings. The molecule has 0 saturated carbocycles. The van der Waals surface area contributed by atoms with Gasteiger partial charge in [-0.2, -0.15) is 5.26 Å². The Labute approximate surface area is 84.5 Å². The first-order valence-corrected chi connectivity index (χ1v) is 4.50. The van der Waals surface area contributed by atoms with E-state index in [1.165, 1.54) is 5.56 Å². The first-order chi connectivity index (χ1) is 6.76. The summed E-state index contributed by atoms with van der Waals surface area (Å²) in [6, 6.07) is 7.90. The average Bonchev–Trinajstić information content (AvgIpc) is 2.26. The molecule has 0 unspecified atom stereocenters. The van der Waals surface area contributed by atoms with Gasteiger partial charge in [0.15, 0.2) is 6.19 Å². The maximum absolute atomic E-state index is 8.56. The van der Waals surface area contributed by atoms with Crippen LogP contribution in [0.2, 0.25) is 0 Å². The Bertz CT molecular complexity index is 330. The highest BCUT2D eigenvalue weighted by Gasteiger charge is 1.97. The molecule has 0 bridgehead atoms. The predicted octanol–water partition coefficient (Wildman–Crippen LogP) is 1.65. The summed E-state index contributed by atoms with van der Waals surface area (Å²) >= 11 is 0. The van der Waals surface area contributed by atoms with Gasteiger partial charge in [-0.3, -0.25) is 0 Å². The topological polar surface area (TPSA) is 36.3 Å². The van der Waals surface area contributed by atoms with Crippen LogP contribution in [-0.4, -0.2) is 25.6 Å². The second kappa shape index (κ2) is 5.13. The molecular weight excluding hydrogens is 176 g/mol. The number of likely N-dealkylation sites (N-methyl/N-ethyl adjacent to an activating group) is 1. The van der Waals surface area contributed by atoms with Gasteiger partial charge in [-0.25, -0.2) is 0 Å². The number of rotatable bonds is 4. The fraction of sp³-hybridized carbons (Fsp3) is 0.364. The zero-order valence-corrected chi connectivity index (χ0v) is 8.53. The number of nitrogens with zero attached hydrogens (tertiary/aromatic N) is 2. The van der Waals surface area contributed by atoms with E-state index in [0.717, 1.165) is 18.7 Å². The molecule has 0 amide bonds. The van der Waals surface area contributed by atoms with Gasteiger partial charge in [-0.15, -0.1) is 0 Å². The van der Waals surface area contributed by atoms with Crippen molar-refractivity contribution in [1.82, 2.24) is 4.90 Å². The molecule has 3 heteroatoms. The molecule has 0 aliphatic rings. The summed E-state index contributed by atoms with van der Waals surface area (Å²) in [5.74, 6) is 0.863. The van der Waals surface area contributed by atoms with E-state index in [-0.39, 0.29) is 0 Å². The van der Waals surface area contributed by atoms with E-state index in [0.29, 0.717) is 0 Å². The fourth-order valence-corrected chi connectivity index (χ4v) is 1.17. The number of methoxy groups -OCH3 is 1. The van der Waals surface area contributed by atoms with Crippen molar-refractivity contribution >= 4 is 0 Å². The van der Waals surface area contributed by atoms with Crippen LogP contribution in [0.3, 0.4) is 0 Å². The molecule has 0 spiro atoms. The third kappa shape index (κ3) is 2.98. The van der Waals surface area contributed by atoms with Gasteiger partial charge in [0.2, 0.25) is 0 Å². The number of hydrogen-bond acceptors (Lipinski definition) is 3. The van der Waals surface area contributed by atoms with Crippen LogP contribution in [0.1, 0.15) is 5.56 Å². The van der Waals surface area contributed by atoms with Crippen molar-refractivity contribution in [3.63, 3.8) is 0 Å². The zero-order chi connectivity index (χ0) is 10.4. The first-order valence-electron chi connectivity index (χ1n) is 4.50. The van der Waals surface area contributed by atoms with E-state index in [1.807, 2.05) is 24.3 Å². The van der Waals surface area contributed by atoms with Gasteiger partial charge in [0.25, 0.3) is 0 Å². The lowest BCUT2D eigenvalue weighted by molar-refractivity contribution is 0.413. The van der Waals surface area contributed by atoms with Gasteiger partial charge in [-0.1, -0.05) is 12.1 Å². The van der Waals surface area contributed by atoms with E-state index in [2.05, 4.69) is 6.19 Å². The van der Waals surface area contributed by atoms with Crippen LogP contribution in [0, 0.1) is 11.5 Å². The Morgan fingerprint density at radius 1 is 1.50 bits per heavy atom. The quantitative estimate of drug-likeness (QED) is 0.535. The first kappa shape index (κ1) is 10.4. The van der Waals surface area contributed by atoms with Crippen molar-refractivity contribution < 1.29 is 4.74 Å². The van der Waals surface area contributed by atoms with Crippen LogP contribution in [0.15, 0.2) is 24.3 Å². The summed E-state index contributed by atoms with van der Waals surface area (Å²) in [4.78, 5) is 1.61. The molecule has 14 heavy (non-hydrogen) atoms. The largest absolute Gasteiger partial charge is 0.497 e. The molecule has 0 aliphatic carbocycles. The minimum atomic E-state index is 0.740. The van der Waals surface area contributed by atoms with Crippen LogP contribution in [0.25, 0.3) is 0 Å². The van der Waals surface area contributed by atoms with Crippen LogP contribution in [0.5, 0.6) is 5.75 Å². The van der Waals surface area contributed by atoms with Gasteiger partial charge in [-0.05, 0) is 24.1 Å². The van der Waals surface area contributed by atoms with Crippen molar-refractivity contribution in [1.29, 1.82) is 5.26 Å². The lowest BCUT2D eigenvalue weighted by Crippen LogP contribution is -2.14. The minimum Gasteiger partial charge on any atom is -0.497 e. The Balaban J connectivity index is 2.55. The Morgan fingerprint density at radius 3 is 2.93 bits per heavy atom. The minimum absolute atomic E-state index is 0.740. The highest BCUT2D eigenvalue weighted by atomic mass is 16.5. The van der Waals surface area contributed by atoms with Crippen molar-refractivity contribution in [2.24, 2.45) is 0 Å². The molecule has 0 saturated heterocycles. The standard InChI is InChI=1S/C11H14N2O/c1-13(9-12)7-6-10-4-3-5-11(8-10)14-2/h3-5,8H,6-7H2,1-2H3. The second-order valence-electron chi connectivity index (χ2n) is 3.12. The summed E-state index contributed by atoms with van der Waals surface area (Å²) < 4.78 is 5.11. The third-order valence-electron chi connectivity index (χ3n) is 2.04. The maximum atomic E-state index is 8.56. The molecule has 0 N–H and O–H groups in total. The van der Waals surface area contributed by atoms with Crippen LogP contribution < -0.4 is 4.74 Å². The molecule has 74 valence electrons. The highest BCUT2D eigenvalue weighted by Crippen LogP contribution is 2.12. The van der Waals surface area contributed by atoms with Gasteiger partial charge < -0.3 is 9.64 Å². The average molecular weight is 190 g/mol. The van der Waals surface area contributed by atoms with Crippen molar-refractivity contribution in [3.05, 3.63) is 29.8 Å². The summed E-state index contributed by atoms with van der Waals surface area (Å²) in [5.41, 5.74) is 1.19. The highest BCUT2D eigenvalue weighted by molar-refractivity contribution is 5.28. The van der Waals surface area contributed by atoms with Gasteiger partial charge in [0.1, 0.15) is 5.75 Å². The Kier molecular flexibility index (Phi) is 3.81. The molecule has 0 aliphatic heterocycles. The van der Waals surface area contributed by atoms with Gasteiger partial charge in [0.05, 0.1) is 7.11 Å². The van der Waals surface area contributed by atoms with Crippen LogP contribution >= 0.6 is 0 Å². The zero-order valence-electron chi connectivity index (χ0n) is 8.53. The lowest BCUT2D eigenvalue weighted by Gasteiger charge is -2.08. The monoisotopic (exact) mass is 190 g/mol. The molecule has 1 rings (SSSR count). The summed E-state index contributed by atoms with van der Waals surface area (Å²) in [6.45, 7) is 0.740. The molecule has 0 radical (unpaired) electrons. The molecule has 0 fully saturated rings. The molecule has 0 atom stereocenters. The number of nitriles is 1. The maximum Gasteiger partial charge on any atom is 0.179 e. The van der Waals surface area contributed by atoms with Crippen molar-refractivity contribution in [2.75, 3.05) is 20.7 Å². The summed E-state index contributed by atoms with van der Waals surface area (Å²) in [5, 5.41) is 8.56. The number of hydrogen-bond donors (Lipinski definition) is 0.